The van der Waals surface area contributed by atoms with E-state index in [4.69, 9.17) is 21.7 Å². The molecule has 4 aromatic rings. The van der Waals surface area contributed by atoms with E-state index in [1.54, 1.807) is 41.1 Å². The molecule has 2 aromatic carbocycles. The monoisotopic (exact) mass is 437 g/mol. The van der Waals surface area contributed by atoms with Crippen molar-refractivity contribution in [2.24, 2.45) is 0 Å². The minimum Gasteiger partial charge on any atom is -0.493 e. The lowest BCUT2D eigenvalue weighted by Gasteiger charge is -2.12. The second kappa shape index (κ2) is 8.15. The van der Waals surface area contributed by atoms with Crippen LogP contribution in [0, 0.1) is 4.77 Å². The minimum absolute atomic E-state index is 0.0482. The number of nitrogens with one attached hydrogen (secondary N) is 1. The number of carbonyl (C=O) groups is 1. The third-order valence-electron chi connectivity index (χ3n) is 4.91. The lowest BCUT2D eigenvalue weighted by Crippen LogP contribution is -2.25. The number of rotatable bonds is 6. The fraction of sp³-hybridized carbons (Fsp3) is 0.190. The van der Waals surface area contributed by atoms with Crippen molar-refractivity contribution >= 4 is 28.8 Å². The zero-order valence-electron chi connectivity index (χ0n) is 17.1. The molecular formula is C21H19N5O4S. The maximum atomic E-state index is 13.2. The van der Waals surface area contributed by atoms with Crippen molar-refractivity contribution in [1.29, 1.82) is 0 Å². The Morgan fingerprint density at radius 3 is 2.71 bits per heavy atom. The molecular weight excluding hydrogens is 418 g/mol. The van der Waals surface area contributed by atoms with Crippen molar-refractivity contribution in [3.63, 3.8) is 0 Å². The number of aromatic amines is 1. The number of methoxy groups -OCH3 is 2. The second-order valence-electron chi connectivity index (χ2n) is 6.76. The van der Waals surface area contributed by atoms with E-state index in [9.17, 15) is 9.59 Å². The van der Waals surface area contributed by atoms with Gasteiger partial charge in [0.25, 0.3) is 5.56 Å². The first-order chi connectivity index (χ1) is 14.9. The van der Waals surface area contributed by atoms with Gasteiger partial charge < -0.3 is 9.47 Å². The predicted molar refractivity (Wildman–Crippen MR) is 117 cm³/mol. The zero-order valence-corrected chi connectivity index (χ0v) is 17.9. The zero-order chi connectivity index (χ0) is 22.1. The Hall–Kier alpha value is -3.79. The van der Waals surface area contributed by atoms with Gasteiger partial charge >= 0.3 is 0 Å². The van der Waals surface area contributed by atoms with Gasteiger partial charge in [0.05, 0.1) is 31.5 Å². The number of hydrogen-bond acceptors (Lipinski definition) is 7. The summed E-state index contributed by atoms with van der Waals surface area (Å²) in [6.07, 6.45) is 1.58. The van der Waals surface area contributed by atoms with Crippen LogP contribution in [0.2, 0.25) is 0 Å². The average Bonchev–Trinajstić information content (AvgIpc) is 3.14. The first-order valence-corrected chi connectivity index (χ1v) is 9.74. The third-order valence-corrected chi connectivity index (χ3v) is 5.18. The highest BCUT2D eigenvalue weighted by Gasteiger charge is 2.17. The van der Waals surface area contributed by atoms with Crippen molar-refractivity contribution in [3.05, 3.63) is 69.1 Å². The van der Waals surface area contributed by atoms with E-state index < -0.39 is 0 Å². The van der Waals surface area contributed by atoms with Gasteiger partial charge in [-0.25, -0.2) is 4.68 Å². The van der Waals surface area contributed by atoms with Gasteiger partial charge in [-0.3, -0.25) is 19.3 Å². The largest absolute Gasteiger partial charge is 0.493 e. The van der Waals surface area contributed by atoms with Crippen LogP contribution in [0.5, 0.6) is 11.5 Å². The quantitative estimate of drug-likeness (QED) is 0.365. The molecule has 0 fully saturated rings. The van der Waals surface area contributed by atoms with Crippen LogP contribution < -0.4 is 15.0 Å². The van der Waals surface area contributed by atoms with E-state index in [1.165, 1.54) is 25.8 Å². The summed E-state index contributed by atoms with van der Waals surface area (Å²) in [5.41, 5.74) is 0.852. The molecule has 158 valence electrons. The molecule has 9 nitrogen and oxygen atoms in total. The van der Waals surface area contributed by atoms with Crippen molar-refractivity contribution in [1.82, 2.24) is 24.5 Å². The Kier molecular flexibility index (Phi) is 5.38. The number of benzene rings is 2. The first kappa shape index (κ1) is 20.5. The van der Waals surface area contributed by atoms with Crippen LogP contribution in [-0.2, 0) is 6.54 Å². The Morgan fingerprint density at radius 1 is 1.19 bits per heavy atom. The van der Waals surface area contributed by atoms with E-state index in [1.807, 2.05) is 6.07 Å². The Morgan fingerprint density at radius 2 is 2.00 bits per heavy atom. The fourth-order valence-corrected chi connectivity index (χ4v) is 3.65. The number of ether oxygens (including phenoxy) is 2. The van der Waals surface area contributed by atoms with Crippen LogP contribution in [0.15, 0.2) is 47.4 Å². The minimum atomic E-state index is -0.355. The van der Waals surface area contributed by atoms with Crippen molar-refractivity contribution in [2.45, 2.75) is 13.5 Å². The number of H-pyrrole nitrogens is 1. The van der Waals surface area contributed by atoms with E-state index in [-0.39, 0.29) is 17.9 Å². The normalized spacial score (nSPS) is 10.9. The molecule has 0 unspecified atom stereocenters. The number of carbonyl (C=O) groups excluding carboxylic acids is 1. The smallest absolute Gasteiger partial charge is 0.278 e. The van der Waals surface area contributed by atoms with Gasteiger partial charge in [-0.15, -0.1) is 0 Å². The van der Waals surface area contributed by atoms with Crippen molar-refractivity contribution in [3.8, 4) is 17.2 Å². The maximum absolute atomic E-state index is 13.2. The second-order valence-corrected chi connectivity index (χ2v) is 7.15. The van der Waals surface area contributed by atoms with Crippen LogP contribution in [0.3, 0.4) is 0 Å². The topological polar surface area (TPSA) is 104 Å². The van der Waals surface area contributed by atoms with Crippen LogP contribution in [0.25, 0.3) is 16.5 Å². The van der Waals surface area contributed by atoms with Gasteiger partial charge in [0.2, 0.25) is 0 Å². The molecule has 0 radical (unpaired) electrons. The molecule has 0 saturated carbocycles. The van der Waals surface area contributed by atoms with Crippen LogP contribution in [0.4, 0.5) is 0 Å². The summed E-state index contributed by atoms with van der Waals surface area (Å²) < 4.78 is 14.0. The summed E-state index contributed by atoms with van der Waals surface area (Å²) >= 11 is 5.38. The average molecular weight is 437 g/mol. The Labute approximate surface area is 181 Å². The van der Waals surface area contributed by atoms with E-state index >= 15 is 0 Å². The Bertz CT molecular complexity index is 1420. The van der Waals surface area contributed by atoms with Crippen LogP contribution >= 0.6 is 12.2 Å². The standard InChI is InChI=1S/C21H19N5O4S/c1-12(27)13-5-4-6-15(9-13)26-17(23-24-21(26)31)11-25-20(28)18-14(10-22-25)7-8-16(29-2)19(18)30-3/h4-10H,11H2,1-3H3,(H,24,31). The summed E-state index contributed by atoms with van der Waals surface area (Å²) in [7, 11) is 2.99. The molecule has 0 amide bonds. The van der Waals surface area contributed by atoms with Gasteiger partial charge in [0, 0.05) is 10.9 Å². The molecule has 10 heteroatoms. The summed E-state index contributed by atoms with van der Waals surface area (Å²) in [6, 6.07) is 10.5. The molecule has 0 aliphatic carbocycles. The van der Waals surface area contributed by atoms with Gasteiger partial charge in [-0.2, -0.15) is 10.2 Å². The van der Waals surface area contributed by atoms with Crippen molar-refractivity contribution in [2.75, 3.05) is 14.2 Å². The van der Waals surface area contributed by atoms with Crippen molar-refractivity contribution < 1.29 is 14.3 Å². The van der Waals surface area contributed by atoms with Gasteiger partial charge in [-0.05, 0) is 43.4 Å². The summed E-state index contributed by atoms with van der Waals surface area (Å²) in [5, 5.41) is 12.3. The van der Waals surface area contributed by atoms with Gasteiger partial charge in [0.15, 0.2) is 27.9 Å². The molecule has 1 N–H and O–H groups in total. The highest BCUT2D eigenvalue weighted by Crippen LogP contribution is 2.32. The summed E-state index contributed by atoms with van der Waals surface area (Å²) in [6.45, 7) is 1.54. The van der Waals surface area contributed by atoms with Gasteiger partial charge in [0.1, 0.15) is 6.54 Å². The van der Waals surface area contributed by atoms with Crippen LogP contribution in [0.1, 0.15) is 23.1 Å². The molecule has 31 heavy (non-hydrogen) atoms. The fourth-order valence-electron chi connectivity index (χ4n) is 3.40. The molecule has 2 heterocycles. The number of aromatic nitrogens is 5. The molecule has 0 aliphatic rings. The molecule has 0 aliphatic heterocycles. The molecule has 4 rings (SSSR count). The highest BCUT2D eigenvalue weighted by atomic mass is 32.1. The first-order valence-electron chi connectivity index (χ1n) is 9.33. The maximum Gasteiger partial charge on any atom is 0.278 e. The SMILES string of the molecule is COc1ccc2cnn(Cc3n[nH]c(=S)n3-c3cccc(C(C)=O)c3)c(=O)c2c1OC. The van der Waals surface area contributed by atoms with E-state index in [2.05, 4.69) is 15.3 Å². The predicted octanol–water partition coefficient (Wildman–Crippen LogP) is 2.91. The van der Waals surface area contributed by atoms with Crippen LogP contribution in [-0.4, -0.2) is 44.5 Å². The number of nitrogens with zero attached hydrogens (tertiary/aromatic N) is 4. The van der Waals surface area contributed by atoms with Gasteiger partial charge in [-0.1, -0.05) is 12.1 Å². The van der Waals surface area contributed by atoms with E-state index in [0.29, 0.717) is 44.1 Å². The number of hydrogen-bond donors (Lipinski definition) is 1. The molecule has 2 aromatic heterocycles. The molecule has 0 atom stereocenters. The van der Waals surface area contributed by atoms with E-state index in [0.717, 1.165) is 0 Å². The molecule has 0 bridgehead atoms. The number of ketones is 1. The summed E-state index contributed by atoms with van der Waals surface area (Å²) in [5.74, 6) is 1.19. The highest BCUT2D eigenvalue weighted by molar-refractivity contribution is 7.71. The lowest BCUT2D eigenvalue weighted by molar-refractivity contribution is 0.101. The third kappa shape index (κ3) is 3.61. The number of fused-ring (bicyclic) bond motifs is 1. The number of Topliss-reactive ketones (excluding diaryl/α,β-unsaturated/α-hetero) is 1. The Balaban J connectivity index is 1.84. The lowest BCUT2D eigenvalue weighted by atomic mass is 10.1. The molecule has 0 saturated heterocycles. The summed E-state index contributed by atoms with van der Waals surface area (Å²) in [4.78, 5) is 25.0. The molecule has 0 spiro atoms.